The molecular weight excluding hydrogens is 586 g/mol. The lowest BCUT2D eigenvalue weighted by atomic mass is 10.1. The van der Waals surface area contributed by atoms with Gasteiger partial charge in [-0.25, -0.2) is 14.8 Å². The maximum Gasteiger partial charge on any atom is 0.362 e. The molecule has 5 rings (SSSR count). The topological polar surface area (TPSA) is 151 Å². The van der Waals surface area contributed by atoms with Crippen molar-refractivity contribution in [3.63, 3.8) is 0 Å². The van der Waals surface area contributed by atoms with Gasteiger partial charge in [0.1, 0.15) is 30.2 Å². The van der Waals surface area contributed by atoms with Gasteiger partial charge < -0.3 is 34.4 Å². The summed E-state index contributed by atoms with van der Waals surface area (Å²) in [6.07, 6.45) is 4.11. The van der Waals surface area contributed by atoms with Crippen molar-refractivity contribution < 1.29 is 28.4 Å². The van der Waals surface area contributed by atoms with Gasteiger partial charge in [0.15, 0.2) is 5.13 Å². The van der Waals surface area contributed by atoms with E-state index in [1.54, 1.807) is 17.2 Å². The Kier molecular flexibility index (Phi) is 10.1. The highest BCUT2D eigenvalue weighted by Crippen LogP contribution is 2.24. The minimum absolute atomic E-state index is 0.0221. The number of amides is 2. The number of benzene rings is 1. The number of likely N-dealkylation sites (tertiary alicyclic amines) is 2. The number of aryl methyl sites for hydroxylation is 1. The quantitative estimate of drug-likeness (QED) is 0.156. The van der Waals surface area contributed by atoms with Gasteiger partial charge in [-0.15, -0.1) is 11.3 Å². The first-order valence-electron chi connectivity index (χ1n) is 14.8. The molecule has 0 radical (unpaired) electrons. The van der Waals surface area contributed by atoms with Gasteiger partial charge >= 0.3 is 5.97 Å². The fraction of sp³-hybridized carbons (Fsp3) is 0.467. The van der Waals surface area contributed by atoms with Crippen molar-refractivity contribution in [3.8, 4) is 0 Å². The summed E-state index contributed by atoms with van der Waals surface area (Å²) in [4.78, 5) is 56.7. The summed E-state index contributed by atoms with van der Waals surface area (Å²) in [5.74, 6) is 0.217. The van der Waals surface area contributed by atoms with Crippen LogP contribution >= 0.6 is 11.3 Å². The molecule has 14 heteroatoms. The van der Waals surface area contributed by atoms with E-state index in [-0.39, 0.29) is 42.3 Å². The molecule has 0 aliphatic carbocycles. The molecule has 2 aliphatic heterocycles. The number of guanidine groups is 1. The van der Waals surface area contributed by atoms with Crippen LogP contribution in [-0.4, -0.2) is 90.2 Å². The van der Waals surface area contributed by atoms with Crippen molar-refractivity contribution in [2.75, 3.05) is 50.5 Å². The third kappa shape index (κ3) is 7.54. The number of thiazole rings is 1. The van der Waals surface area contributed by atoms with Gasteiger partial charge in [-0.1, -0.05) is 5.16 Å². The number of ether oxygens (including phenoxy) is 1. The molecule has 234 valence electrons. The first-order chi connectivity index (χ1) is 21.3. The number of nitrogens with zero attached hydrogens (tertiary/aromatic N) is 5. The zero-order valence-corrected chi connectivity index (χ0v) is 25.9. The highest BCUT2D eigenvalue weighted by Gasteiger charge is 2.30. The predicted molar refractivity (Wildman–Crippen MR) is 168 cm³/mol. The fourth-order valence-corrected chi connectivity index (χ4v) is 5.95. The molecule has 1 aromatic carbocycles. The van der Waals surface area contributed by atoms with E-state index in [0.29, 0.717) is 18.1 Å². The van der Waals surface area contributed by atoms with Crippen LogP contribution in [0.2, 0.25) is 0 Å². The van der Waals surface area contributed by atoms with E-state index in [9.17, 15) is 14.4 Å². The van der Waals surface area contributed by atoms with Crippen LogP contribution in [-0.2, 0) is 24.0 Å². The number of rotatable bonds is 9. The maximum atomic E-state index is 13.7. The molecule has 3 aromatic rings. The van der Waals surface area contributed by atoms with Gasteiger partial charge in [0.05, 0.1) is 13.2 Å². The fourth-order valence-electron chi connectivity index (χ4n) is 5.25. The molecule has 2 N–H and O–H groups in total. The summed E-state index contributed by atoms with van der Waals surface area (Å²) >= 11 is 1.23. The molecule has 2 aromatic heterocycles. The molecule has 1 unspecified atom stereocenters. The number of aliphatic imine (C=N–C) groups is 1. The normalized spacial score (nSPS) is 18.0. The lowest BCUT2D eigenvalue weighted by Crippen LogP contribution is -2.45. The molecule has 0 saturated carbocycles. The summed E-state index contributed by atoms with van der Waals surface area (Å²) in [7, 11) is 1.34. The van der Waals surface area contributed by atoms with Crippen molar-refractivity contribution in [2.45, 2.75) is 52.0 Å². The number of oxime groups is 1. The summed E-state index contributed by atoms with van der Waals surface area (Å²) in [6, 6.07) is 6.88. The van der Waals surface area contributed by atoms with Crippen LogP contribution in [0.15, 0.2) is 44.2 Å². The van der Waals surface area contributed by atoms with E-state index in [4.69, 9.17) is 19.0 Å². The smallest absolute Gasteiger partial charge is 0.362 e. The molecule has 44 heavy (non-hydrogen) atoms. The zero-order chi connectivity index (χ0) is 31.1. The lowest BCUT2D eigenvalue weighted by molar-refractivity contribution is -0.140. The Balaban J connectivity index is 1.41. The highest BCUT2D eigenvalue weighted by atomic mass is 32.1. The maximum absolute atomic E-state index is 13.7. The molecule has 2 aliphatic rings. The van der Waals surface area contributed by atoms with Crippen LogP contribution in [0.3, 0.4) is 0 Å². The minimum Gasteiger partial charge on any atom is -0.461 e. The number of esters is 1. The van der Waals surface area contributed by atoms with E-state index in [1.807, 2.05) is 36.1 Å². The Bertz CT molecular complexity index is 1560. The number of aromatic nitrogens is 1. The molecule has 4 heterocycles. The van der Waals surface area contributed by atoms with Crippen molar-refractivity contribution >= 4 is 62.6 Å². The number of hydrogen-bond acceptors (Lipinski definition) is 10. The largest absolute Gasteiger partial charge is 0.461 e. The molecule has 2 saturated heterocycles. The van der Waals surface area contributed by atoms with Crippen LogP contribution < -0.4 is 10.6 Å². The number of carbonyl (C=O) groups excluding carboxylic acids is 3. The Morgan fingerprint density at radius 2 is 1.93 bits per heavy atom. The summed E-state index contributed by atoms with van der Waals surface area (Å²) in [5, 5.41) is 13.3. The monoisotopic (exact) mass is 623 g/mol. The van der Waals surface area contributed by atoms with Crippen LogP contribution in [0.4, 0.5) is 10.8 Å². The molecule has 2 amide bonds. The van der Waals surface area contributed by atoms with Crippen molar-refractivity contribution in [3.05, 3.63) is 41.1 Å². The predicted octanol–water partition coefficient (Wildman–Crippen LogP) is 3.99. The molecule has 0 bridgehead atoms. The van der Waals surface area contributed by atoms with Gasteiger partial charge in [-0.3, -0.25) is 9.59 Å². The second-order valence-electron chi connectivity index (χ2n) is 10.6. The number of hydrogen-bond donors (Lipinski definition) is 2. The number of fused-ring (bicyclic) bond motifs is 1. The number of carbonyl (C=O) groups is 3. The zero-order valence-electron chi connectivity index (χ0n) is 25.1. The summed E-state index contributed by atoms with van der Waals surface area (Å²) in [6.45, 7) is 5.81. The van der Waals surface area contributed by atoms with E-state index in [2.05, 4.69) is 20.8 Å². The Labute approximate surface area is 259 Å². The average molecular weight is 624 g/mol. The average Bonchev–Trinajstić information content (AvgIpc) is 3.75. The van der Waals surface area contributed by atoms with Gasteiger partial charge in [-0.05, 0) is 70.2 Å². The number of nitrogens with one attached hydrogen (secondary N) is 2. The Morgan fingerprint density at radius 1 is 1.14 bits per heavy atom. The van der Waals surface area contributed by atoms with Gasteiger partial charge in [0, 0.05) is 36.1 Å². The van der Waals surface area contributed by atoms with Crippen LogP contribution in [0.5, 0.6) is 0 Å². The molecule has 1 atom stereocenters. The molecule has 13 nitrogen and oxygen atoms in total. The minimum atomic E-state index is -0.705. The number of furan rings is 1. The molecule has 0 spiro atoms. The second kappa shape index (κ2) is 14.3. The van der Waals surface area contributed by atoms with Gasteiger partial charge in [-0.2, -0.15) is 0 Å². The Hall–Kier alpha value is -4.46. The van der Waals surface area contributed by atoms with Crippen LogP contribution in [0.25, 0.3) is 11.0 Å². The van der Waals surface area contributed by atoms with Gasteiger partial charge in [0.2, 0.25) is 23.5 Å². The Morgan fingerprint density at radius 3 is 2.70 bits per heavy atom. The molecular formula is C30H37N7O6S. The van der Waals surface area contributed by atoms with E-state index >= 15 is 0 Å². The third-order valence-electron chi connectivity index (χ3n) is 7.35. The van der Waals surface area contributed by atoms with E-state index in [1.165, 1.54) is 18.4 Å². The van der Waals surface area contributed by atoms with Crippen LogP contribution in [0.1, 0.15) is 50.5 Å². The summed E-state index contributed by atoms with van der Waals surface area (Å²) < 4.78 is 10.8. The van der Waals surface area contributed by atoms with Gasteiger partial charge in [0.25, 0.3) is 0 Å². The second-order valence-corrected chi connectivity index (χ2v) is 11.4. The number of anilines is 2. The van der Waals surface area contributed by atoms with Crippen molar-refractivity contribution in [2.24, 2.45) is 10.1 Å². The van der Waals surface area contributed by atoms with E-state index < -0.39 is 12.0 Å². The van der Waals surface area contributed by atoms with E-state index in [0.717, 1.165) is 61.2 Å². The first-order valence-corrected chi connectivity index (χ1v) is 15.7. The third-order valence-corrected chi connectivity index (χ3v) is 8.11. The lowest BCUT2D eigenvalue weighted by Gasteiger charge is -2.25. The first kappa shape index (κ1) is 31.0. The standard InChI is InChI=1S/C30H37N7O6S/c1-4-42-28(40)26(35-41-3)23-18-44-30(33-23)34-29(31-21-10-11-24-20(16-21)15-19(2)43-24)32-22-9-5-6-14-37(27(22)39)17-25(38)36-12-7-8-13-36/h10-11,15-16,18,22H,4-9,12-14,17H2,1-3H3,(H2,31,32,33,34)/b35-26+. The van der Waals surface area contributed by atoms with Crippen molar-refractivity contribution in [1.82, 2.24) is 14.8 Å². The molecule has 2 fully saturated rings. The van der Waals surface area contributed by atoms with Crippen molar-refractivity contribution in [1.29, 1.82) is 0 Å². The summed E-state index contributed by atoms with van der Waals surface area (Å²) in [5.41, 5.74) is 1.68. The highest BCUT2D eigenvalue weighted by molar-refractivity contribution is 7.14. The SMILES string of the molecule is CCOC(=O)/C(=N/OC)c1csc(NC(=NC2CCCCN(CC(=O)N3CCCC3)C2=O)Nc2ccc3oc(C)cc3c2)n1. The van der Waals surface area contributed by atoms with Crippen LogP contribution in [0, 0.1) is 6.92 Å².